The van der Waals surface area contributed by atoms with Gasteiger partial charge in [0.15, 0.2) is 0 Å². The average molecular weight is 211 g/mol. The van der Waals surface area contributed by atoms with E-state index in [4.69, 9.17) is 0 Å². The van der Waals surface area contributed by atoms with E-state index in [0.29, 0.717) is 25.9 Å². The molecule has 1 amide bonds. The van der Waals surface area contributed by atoms with Crippen LogP contribution in [0.3, 0.4) is 0 Å². The third-order valence-electron chi connectivity index (χ3n) is 2.71. The number of nitrogens with zero attached hydrogens (tertiary/aromatic N) is 1. The van der Waals surface area contributed by atoms with E-state index in [2.05, 4.69) is 20.8 Å². The lowest BCUT2D eigenvalue weighted by Gasteiger charge is -2.32. The zero-order chi connectivity index (χ0) is 11.6. The van der Waals surface area contributed by atoms with E-state index >= 15 is 0 Å². The number of rotatable bonds is 1. The predicted molar refractivity (Wildman–Crippen MR) is 59.4 cm³/mol. The molecule has 15 heavy (non-hydrogen) atoms. The summed E-state index contributed by atoms with van der Waals surface area (Å²) >= 11 is 0. The number of hydrogen-bond acceptors (Lipinski definition) is 2. The maximum Gasteiger partial charge on any atom is 0.223 e. The van der Waals surface area contributed by atoms with Crippen molar-refractivity contribution in [2.75, 3.05) is 13.1 Å². The fourth-order valence-electron chi connectivity index (χ4n) is 1.81. The van der Waals surface area contributed by atoms with Crippen LogP contribution in [0.2, 0.25) is 0 Å². The second-order valence-electron chi connectivity index (χ2n) is 5.69. The van der Waals surface area contributed by atoms with Gasteiger partial charge in [0.25, 0.3) is 0 Å². The van der Waals surface area contributed by atoms with Gasteiger partial charge in [0.05, 0.1) is 0 Å². The van der Waals surface area contributed by atoms with E-state index in [0.717, 1.165) is 0 Å². The Morgan fingerprint density at radius 3 is 2.53 bits per heavy atom. The van der Waals surface area contributed by atoms with Crippen molar-refractivity contribution in [3.63, 3.8) is 0 Å². The molecule has 0 aliphatic carbocycles. The number of likely N-dealkylation sites (tertiary alicyclic amines) is 1. The van der Waals surface area contributed by atoms with Gasteiger partial charge in [-0.3, -0.25) is 9.59 Å². The first kappa shape index (κ1) is 12.2. The lowest BCUT2D eigenvalue weighted by Crippen LogP contribution is -2.44. The molecule has 1 rings (SSSR count). The molecule has 1 fully saturated rings. The van der Waals surface area contributed by atoms with Gasteiger partial charge < -0.3 is 4.90 Å². The predicted octanol–water partition coefficient (Wildman–Crippen LogP) is 1.86. The van der Waals surface area contributed by atoms with Crippen LogP contribution in [0.4, 0.5) is 0 Å². The maximum absolute atomic E-state index is 11.9. The SMILES string of the molecule is CC1CN(C(=O)CC(C)(C)C)CCC1=O. The lowest BCUT2D eigenvalue weighted by atomic mass is 9.90. The minimum Gasteiger partial charge on any atom is -0.342 e. The smallest absolute Gasteiger partial charge is 0.223 e. The number of hydrogen-bond donors (Lipinski definition) is 0. The molecule has 0 aromatic rings. The zero-order valence-electron chi connectivity index (χ0n) is 10.2. The molecular weight excluding hydrogens is 190 g/mol. The molecule has 3 heteroatoms. The Morgan fingerprint density at radius 2 is 2.07 bits per heavy atom. The lowest BCUT2D eigenvalue weighted by molar-refractivity contribution is -0.138. The minimum atomic E-state index is 0.0164. The van der Waals surface area contributed by atoms with Crippen LogP contribution in [-0.4, -0.2) is 29.7 Å². The van der Waals surface area contributed by atoms with Crippen LogP contribution in [0.5, 0.6) is 0 Å². The van der Waals surface area contributed by atoms with Crippen LogP contribution in [0.25, 0.3) is 0 Å². The van der Waals surface area contributed by atoms with Crippen molar-refractivity contribution in [2.45, 2.75) is 40.5 Å². The standard InChI is InChI=1S/C12H21NO2/c1-9-8-13(6-5-10(9)14)11(15)7-12(2,3)4/h9H,5-8H2,1-4H3. The topological polar surface area (TPSA) is 37.4 Å². The Balaban J connectivity index is 2.51. The van der Waals surface area contributed by atoms with Gasteiger partial charge >= 0.3 is 0 Å². The fourth-order valence-corrected chi connectivity index (χ4v) is 1.81. The van der Waals surface area contributed by atoms with Gasteiger partial charge in [-0.05, 0) is 5.41 Å². The highest BCUT2D eigenvalue weighted by Gasteiger charge is 2.28. The highest BCUT2D eigenvalue weighted by molar-refractivity contribution is 5.85. The molecule has 86 valence electrons. The van der Waals surface area contributed by atoms with Crippen molar-refractivity contribution < 1.29 is 9.59 Å². The number of amides is 1. The molecule has 1 unspecified atom stereocenters. The van der Waals surface area contributed by atoms with Crippen molar-refractivity contribution in [2.24, 2.45) is 11.3 Å². The van der Waals surface area contributed by atoms with Crippen molar-refractivity contribution in [3.8, 4) is 0 Å². The van der Waals surface area contributed by atoms with Gasteiger partial charge in [-0.25, -0.2) is 0 Å². The van der Waals surface area contributed by atoms with Crippen molar-refractivity contribution >= 4 is 11.7 Å². The van der Waals surface area contributed by atoms with E-state index in [1.54, 1.807) is 0 Å². The molecule has 0 N–H and O–H groups in total. The summed E-state index contributed by atoms with van der Waals surface area (Å²) < 4.78 is 0. The van der Waals surface area contributed by atoms with E-state index in [9.17, 15) is 9.59 Å². The van der Waals surface area contributed by atoms with Gasteiger partial charge in [0, 0.05) is 31.8 Å². The molecule has 0 aromatic carbocycles. The summed E-state index contributed by atoms with van der Waals surface area (Å²) in [6.45, 7) is 9.29. The Hall–Kier alpha value is -0.860. The molecule has 0 saturated carbocycles. The fraction of sp³-hybridized carbons (Fsp3) is 0.833. The third-order valence-corrected chi connectivity index (χ3v) is 2.71. The van der Waals surface area contributed by atoms with Crippen molar-refractivity contribution in [3.05, 3.63) is 0 Å². The van der Waals surface area contributed by atoms with Gasteiger partial charge in [-0.1, -0.05) is 27.7 Å². The zero-order valence-corrected chi connectivity index (χ0v) is 10.2. The van der Waals surface area contributed by atoms with Gasteiger partial charge in [0.2, 0.25) is 5.91 Å². The van der Waals surface area contributed by atoms with Crippen LogP contribution < -0.4 is 0 Å². The summed E-state index contributed by atoms with van der Waals surface area (Å²) in [5, 5.41) is 0. The summed E-state index contributed by atoms with van der Waals surface area (Å²) in [7, 11) is 0. The van der Waals surface area contributed by atoms with Crippen LogP contribution in [0.15, 0.2) is 0 Å². The minimum absolute atomic E-state index is 0.0164. The molecule has 3 nitrogen and oxygen atoms in total. The molecular formula is C12H21NO2. The summed E-state index contributed by atoms with van der Waals surface area (Å²) in [5.74, 6) is 0.485. The number of piperidine rings is 1. The normalized spacial score (nSPS) is 23.1. The summed E-state index contributed by atoms with van der Waals surface area (Å²) in [5.41, 5.74) is 0.0295. The van der Waals surface area contributed by atoms with Crippen LogP contribution in [0.1, 0.15) is 40.5 Å². The molecule has 1 atom stereocenters. The maximum atomic E-state index is 11.9. The molecule has 0 bridgehead atoms. The molecule has 1 heterocycles. The van der Waals surface area contributed by atoms with Crippen LogP contribution >= 0.6 is 0 Å². The van der Waals surface area contributed by atoms with Crippen molar-refractivity contribution in [1.82, 2.24) is 4.90 Å². The van der Waals surface area contributed by atoms with E-state index in [-0.39, 0.29) is 23.0 Å². The Morgan fingerprint density at radius 1 is 1.47 bits per heavy atom. The van der Waals surface area contributed by atoms with Crippen molar-refractivity contribution in [1.29, 1.82) is 0 Å². The number of carbonyl (C=O) groups excluding carboxylic acids is 2. The summed E-state index contributed by atoms with van der Waals surface area (Å²) in [6.07, 6.45) is 1.09. The highest BCUT2D eigenvalue weighted by Crippen LogP contribution is 2.22. The molecule has 1 aliphatic heterocycles. The number of carbonyl (C=O) groups is 2. The highest BCUT2D eigenvalue weighted by atomic mass is 16.2. The van der Waals surface area contributed by atoms with E-state index < -0.39 is 0 Å². The van der Waals surface area contributed by atoms with Crippen LogP contribution in [-0.2, 0) is 9.59 Å². The summed E-state index contributed by atoms with van der Waals surface area (Å²) in [6, 6.07) is 0. The first-order valence-electron chi connectivity index (χ1n) is 5.60. The van der Waals surface area contributed by atoms with Crippen LogP contribution in [0, 0.1) is 11.3 Å². The Bertz CT molecular complexity index is 265. The first-order chi connectivity index (χ1) is 6.79. The summed E-state index contributed by atoms with van der Waals surface area (Å²) in [4.78, 5) is 25.0. The van der Waals surface area contributed by atoms with Gasteiger partial charge in [-0.2, -0.15) is 0 Å². The van der Waals surface area contributed by atoms with E-state index in [1.165, 1.54) is 0 Å². The number of ketones is 1. The quantitative estimate of drug-likeness (QED) is 0.664. The second-order valence-corrected chi connectivity index (χ2v) is 5.69. The number of Topliss-reactive ketones (excluding diaryl/α,β-unsaturated/α-hetero) is 1. The first-order valence-corrected chi connectivity index (χ1v) is 5.60. The monoisotopic (exact) mass is 211 g/mol. The van der Waals surface area contributed by atoms with Gasteiger partial charge in [0.1, 0.15) is 5.78 Å². The van der Waals surface area contributed by atoms with Gasteiger partial charge in [-0.15, -0.1) is 0 Å². The molecule has 0 aromatic heterocycles. The third kappa shape index (κ3) is 3.65. The molecule has 0 spiro atoms. The molecule has 1 aliphatic rings. The average Bonchev–Trinajstić information content (AvgIpc) is 2.06. The molecule has 1 saturated heterocycles. The Labute approximate surface area is 91.8 Å². The largest absolute Gasteiger partial charge is 0.342 e. The molecule has 0 radical (unpaired) electrons. The van der Waals surface area contributed by atoms with E-state index in [1.807, 2.05) is 11.8 Å². The second kappa shape index (κ2) is 4.33. The Kier molecular flexibility index (Phi) is 3.53.